The van der Waals surface area contributed by atoms with Gasteiger partial charge < -0.3 is 4.74 Å². The molecule has 0 aromatic heterocycles. The van der Waals surface area contributed by atoms with Crippen molar-refractivity contribution in [1.29, 1.82) is 0 Å². The Bertz CT molecular complexity index is 444. The summed E-state index contributed by atoms with van der Waals surface area (Å²) in [6, 6.07) is 7.57. The topological polar surface area (TPSA) is 46.6 Å². The van der Waals surface area contributed by atoms with E-state index in [0.29, 0.717) is 0 Å². The van der Waals surface area contributed by atoms with E-state index in [9.17, 15) is 9.59 Å². The summed E-state index contributed by atoms with van der Waals surface area (Å²) in [5.41, 5.74) is 1.98. The smallest absolute Gasteiger partial charge is 0.416 e. The molecule has 4 nitrogen and oxygen atoms in total. The van der Waals surface area contributed by atoms with E-state index in [4.69, 9.17) is 12.6 Å². The van der Waals surface area contributed by atoms with Gasteiger partial charge in [-0.3, -0.25) is 4.79 Å². The molecule has 0 N–H and O–H groups in total. The van der Waals surface area contributed by atoms with E-state index in [0.717, 1.165) is 16.0 Å². The van der Waals surface area contributed by atoms with E-state index in [-0.39, 0.29) is 18.9 Å². The number of carbonyl (C=O) groups is 2. The van der Waals surface area contributed by atoms with Crippen LogP contribution in [0.2, 0.25) is 0 Å². The largest absolute Gasteiger partial charge is 0.448 e. The number of benzene rings is 1. The minimum absolute atomic E-state index is 0.0679. The van der Waals surface area contributed by atoms with Gasteiger partial charge >= 0.3 is 6.09 Å². The molecule has 0 bridgehead atoms. The number of ether oxygens (including phenoxy) is 1. The lowest BCUT2D eigenvalue weighted by molar-refractivity contribution is -0.127. The first-order valence-electron chi connectivity index (χ1n) is 5.38. The van der Waals surface area contributed by atoms with Crippen LogP contribution < -0.4 is 0 Å². The maximum Gasteiger partial charge on any atom is 0.416 e. The van der Waals surface area contributed by atoms with Gasteiger partial charge in [0.15, 0.2) is 0 Å². The molecule has 2 rings (SSSR count). The average Bonchev–Trinajstić information content (AvgIpc) is 2.62. The third-order valence-corrected chi connectivity index (χ3v) is 2.65. The van der Waals surface area contributed by atoms with Gasteiger partial charge in [-0.05, 0) is 12.5 Å². The predicted octanol–water partition coefficient (Wildman–Crippen LogP) is 1.01. The highest BCUT2D eigenvalue weighted by Crippen LogP contribution is 2.13. The van der Waals surface area contributed by atoms with E-state index >= 15 is 0 Å². The number of nitrogens with zero attached hydrogens (tertiary/aromatic N) is 1. The number of cyclic esters (lactones) is 1. The van der Waals surface area contributed by atoms with Crippen molar-refractivity contribution in [1.82, 2.24) is 4.90 Å². The Labute approximate surface area is 101 Å². The SMILES string of the molecule is [B]C1COC(=O)N1C(=O)Cc1ccc(C)cc1. The molecule has 1 heterocycles. The average molecular weight is 229 g/mol. The highest BCUT2D eigenvalue weighted by Gasteiger charge is 2.34. The summed E-state index contributed by atoms with van der Waals surface area (Å²) in [7, 11) is 5.61. The second kappa shape index (κ2) is 4.61. The van der Waals surface area contributed by atoms with Crippen molar-refractivity contribution < 1.29 is 14.3 Å². The van der Waals surface area contributed by atoms with Crippen molar-refractivity contribution in [2.75, 3.05) is 6.61 Å². The Morgan fingerprint density at radius 3 is 2.65 bits per heavy atom. The first-order chi connectivity index (χ1) is 8.08. The van der Waals surface area contributed by atoms with E-state index in [1.807, 2.05) is 31.2 Å². The molecule has 1 fully saturated rings. The molecular formula is C12H12BNO3. The Balaban J connectivity index is 2.06. The summed E-state index contributed by atoms with van der Waals surface area (Å²) in [4.78, 5) is 24.1. The molecule has 1 aliphatic heterocycles. The van der Waals surface area contributed by atoms with Gasteiger partial charge in [0.2, 0.25) is 5.91 Å². The number of hydrogen-bond acceptors (Lipinski definition) is 3. The van der Waals surface area contributed by atoms with Crippen LogP contribution >= 0.6 is 0 Å². The van der Waals surface area contributed by atoms with Crippen molar-refractivity contribution >= 4 is 19.8 Å². The summed E-state index contributed by atoms with van der Waals surface area (Å²) in [6.07, 6.45) is -0.502. The van der Waals surface area contributed by atoms with Gasteiger partial charge in [-0.15, -0.1) is 0 Å². The lowest BCUT2D eigenvalue weighted by atomic mass is 9.96. The van der Waals surface area contributed by atoms with Crippen molar-refractivity contribution in [3.63, 3.8) is 0 Å². The number of amides is 2. The zero-order valence-corrected chi connectivity index (χ0v) is 9.55. The number of imide groups is 1. The lowest BCUT2D eigenvalue weighted by Gasteiger charge is -2.16. The Morgan fingerprint density at radius 2 is 2.12 bits per heavy atom. The minimum Gasteiger partial charge on any atom is -0.448 e. The van der Waals surface area contributed by atoms with Gasteiger partial charge in [0.1, 0.15) is 14.5 Å². The van der Waals surface area contributed by atoms with Crippen LogP contribution in [0.25, 0.3) is 0 Å². The zero-order chi connectivity index (χ0) is 12.4. The molecule has 86 valence electrons. The fourth-order valence-electron chi connectivity index (χ4n) is 1.69. The third kappa shape index (κ3) is 2.49. The Morgan fingerprint density at radius 1 is 1.47 bits per heavy atom. The molecule has 5 heteroatoms. The van der Waals surface area contributed by atoms with Gasteiger partial charge in [-0.1, -0.05) is 29.8 Å². The van der Waals surface area contributed by atoms with E-state index in [1.165, 1.54) is 0 Å². The van der Waals surface area contributed by atoms with Crippen LogP contribution in [0, 0.1) is 6.92 Å². The Hall–Kier alpha value is -1.78. The third-order valence-electron chi connectivity index (χ3n) is 2.65. The van der Waals surface area contributed by atoms with Crippen LogP contribution in [0.1, 0.15) is 11.1 Å². The number of carbonyl (C=O) groups excluding carboxylic acids is 2. The van der Waals surface area contributed by atoms with Crippen LogP contribution in [0.15, 0.2) is 24.3 Å². The maximum absolute atomic E-state index is 11.9. The van der Waals surface area contributed by atoms with Crippen molar-refractivity contribution in [3.8, 4) is 0 Å². The highest BCUT2D eigenvalue weighted by atomic mass is 16.6. The van der Waals surface area contributed by atoms with Crippen LogP contribution in [0.5, 0.6) is 0 Å². The summed E-state index contributed by atoms with van der Waals surface area (Å²) < 4.78 is 4.70. The van der Waals surface area contributed by atoms with Crippen LogP contribution in [0.3, 0.4) is 0 Å². The van der Waals surface area contributed by atoms with Gasteiger partial charge in [-0.2, -0.15) is 0 Å². The molecule has 0 saturated carbocycles. The van der Waals surface area contributed by atoms with Gasteiger partial charge in [-0.25, -0.2) is 9.69 Å². The first-order valence-corrected chi connectivity index (χ1v) is 5.38. The standard InChI is InChI=1S/C12H12BNO3/c1-8-2-4-9(5-3-8)6-11(15)14-10(13)7-17-12(14)16/h2-5,10H,6-7H2,1H3. The normalized spacial score (nSPS) is 19.2. The fraction of sp³-hybridized carbons (Fsp3) is 0.333. The molecule has 0 spiro atoms. The quantitative estimate of drug-likeness (QED) is 0.711. The van der Waals surface area contributed by atoms with E-state index < -0.39 is 12.0 Å². The fourth-order valence-corrected chi connectivity index (χ4v) is 1.69. The summed E-state index contributed by atoms with van der Waals surface area (Å²) in [5.74, 6) is -0.996. The molecule has 17 heavy (non-hydrogen) atoms. The summed E-state index contributed by atoms with van der Waals surface area (Å²) >= 11 is 0. The van der Waals surface area contributed by atoms with Gasteiger partial charge in [0.25, 0.3) is 0 Å². The van der Waals surface area contributed by atoms with E-state index in [2.05, 4.69) is 0 Å². The molecule has 1 atom stereocenters. The van der Waals surface area contributed by atoms with Crippen molar-refractivity contribution in [2.45, 2.75) is 19.3 Å². The minimum atomic E-state index is -0.666. The number of aryl methyl sites for hydroxylation is 1. The molecule has 1 aromatic carbocycles. The van der Waals surface area contributed by atoms with Crippen LogP contribution in [-0.4, -0.2) is 37.3 Å². The molecule has 1 saturated heterocycles. The van der Waals surface area contributed by atoms with E-state index in [1.54, 1.807) is 0 Å². The van der Waals surface area contributed by atoms with Crippen LogP contribution in [-0.2, 0) is 16.0 Å². The molecular weight excluding hydrogens is 217 g/mol. The molecule has 2 amide bonds. The lowest BCUT2D eigenvalue weighted by Crippen LogP contribution is -2.40. The molecule has 1 aliphatic rings. The van der Waals surface area contributed by atoms with Crippen LogP contribution in [0.4, 0.5) is 4.79 Å². The number of rotatable bonds is 2. The predicted molar refractivity (Wildman–Crippen MR) is 62.6 cm³/mol. The summed E-state index contributed by atoms with van der Waals surface area (Å²) in [5, 5.41) is 0. The first kappa shape index (κ1) is 11.7. The monoisotopic (exact) mass is 229 g/mol. The second-order valence-electron chi connectivity index (χ2n) is 4.07. The molecule has 0 aliphatic carbocycles. The molecule has 1 aromatic rings. The van der Waals surface area contributed by atoms with Crippen molar-refractivity contribution in [2.24, 2.45) is 0 Å². The number of hydrogen-bond donors (Lipinski definition) is 0. The summed E-state index contributed by atoms with van der Waals surface area (Å²) in [6.45, 7) is 2.04. The highest BCUT2D eigenvalue weighted by molar-refractivity contribution is 6.16. The second-order valence-corrected chi connectivity index (χ2v) is 4.07. The van der Waals surface area contributed by atoms with Gasteiger partial charge in [0.05, 0.1) is 6.42 Å². The Kier molecular flexibility index (Phi) is 3.18. The molecule has 2 radical (unpaired) electrons. The zero-order valence-electron chi connectivity index (χ0n) is 9.55. The maximum atomic E-state index is 11.9. The van der Waals surface area contributed by atoms with Crippen molar-refractivity contribution in [3.05, 3.63) is 35.4 Å². The van der Waals surface area contributed by atoms with Gasteiger partial charge in [0, 0.05) is 5.94 Å². The molecule has 1 unspecified atom stereocenters.